The maximum absolute atomic E-state index is 13.8. The van der Waals surface area contributed by atoms with E-state index in [0.717, 1.165) is 6.07 Å². The van der Waals surface area contributed by atoms with Crippen LogP contribution in [0.1, 0.15) is 16.7 Å². The van der Waals surface area contributed by atoms with Gasteiger partial charge in [-0.3, -0.25) is 4.79 Å². The normalized spacial score (nSPS) is 10.9. The molecule has 0 fully saturated rings. The van der Waals surface area contributed by atoms with E-state index in [-0.39, 0.29) is 51.6 Å². The van der Waals surface area contributed by atoms with Crippen molar-refractivity contribution in [2.45, 2.75) is 19.9 Å². The zero-order valence-corrected chi connectivity index (χ0v) is 14.9. The van der Waals surface area contributed by atoms with E-state index in [9.17, 15) is 24.2 Å². The second-order valence-electron chi connectivity index (χ2n) is 5.98. The van der Waals surface area contributed by atoms with E-state index in [2.05, 4.69) is 5.32 Å². The third kappa shape index (κ3) is 3.73. The van der Waals surface area contributed by atoms with Gasteiger partial charge < -0.3 is 19.9 Å². The Balaban J connectivity index is 1.86. The average molecular weight is 392 g/mol. The van der Waals surface area contributed by atoms with Crippen molar-refractivity contribution in [3.05, 3.63) is 68.3 Å². The number of halogens is 2. The van der Waals surface area contributed by atoms with Crippen molar-refractivity contribution < 1.29 is 23.8 Å². The van der Waals surface area contributed by atoms with Gasteiger partial charge in [0, 0.05) is 29.3 Å². The van der Waals surface area contributed by atoms with Gasteiger partial charge in [0.1, 0.15) is 22.9 Å². The van der Waals surface area contributed by atoms with Crippen LogP contribution in [0.2, 0.25) is 5.02 Å². The van der Waals surface area contributed by atoms with Crippen LogP contribution in [0.25, 0.3) is 11.0 Å². The predicted octanol–water partition coefficient (Wildman–Crippen LogP) is 3.16. The molecule has 6 nitrogen and oxygen atoms in total. The number of phenols is 2. The summed E-state index contributed by atoms with van der Waals surface area (Å²) in [4.78, 5) is 24.4. The Morgan fingerprint density at radius 3 is 2.70 bits per heavy atom. The molecule has 140 valence electrons. The third-order valence-electron chi connectivity index (χ3n) is 4.20. The van der Waals surface area contributed by atoms with Crippen LogP contribution in [0.4, 0.5) is 4.39 Å². The van der Waals surface area contributed by atoms with Crippen molar-refractivity contribution in [3.63, 3.8) is 0 Å². The Hall–Kier alpha value is -3.06. The van der Waals surface area contributed by atoms with Crippen molar-refractivity contribution in [2.75, 3.05) is 0 Å². The van der Waals surface area contributed by atoms with Crippen LogP contribution in [0.15, 0.2) is 39.5 Å². The first-order valence-electron chi connectivity index (χ1n) is 7.95. The first kappa shape index (κ1) is 18.7. The highest BCUT2D eigenvalue weighted by Gasteiger charge is 2.18. The minimum atomic E-state index is -0.760. The fourth-order valence-electron chi connectivity index (χ4n) is 2.83. The van der Waals surface area contributed by atoms with Crippen LogP contribution in [-0.4, -0.2) is 16.1 Å². The molecular formula is C19H15ClFNO5. The Morgan fingerprint density at radius 2 is 2.00 bits per heavy atom. The second kappa shape index (κ2) is 7.28. The Kier molecular flexibility index (Phi) is 5.05. The van der Waals surface area contributed by atoms with Gasteiger partial charge >= 0.3 is 5.63 Å². The maximum atomic E-state index is 13.8. The first-order valence-corrected chi connectivity index (χ1v) is 8.33. The number of carbonyl (C=O) groups excluding carboxylic acids is 1. The van der Waals surface area contributed by atoms with Gasteiger partial charge in [0.25, 0.3) is 0 Å². The Morgan fingerprint density at radius 1 is 1.26 bits per heavy atom. The maximum Gasteiger partial charge on any atom is 0.340 e. The molecule has 0 saturated carbocycles. The number of carbonyl (C=O) groups is 1. The van der Waals surface area contributed by atoms with E-state index in [1.165, 1.54) is 24.3 Å². The van der Waals surface area contributed by atoms with E-state index in [1.807, 2.05) is 0 Å². The molecule has 3 N–H and O–H groups in total. The number of hydrogen-bond acceptors (Lipinski definition) is 5. The molecule has 2 aromatic carbocycles. The van der Waals surface area contributed by atoms with Crippen molar-refractivity contribution >= 4 is 28.5 Å². The van der Waals surface area contributed by atoms with Gasteiger partial charge in [-0.2, -0.15) is 0 Å². The molecule has 0 unspecified atom stereocenters. The van der Waals surface area contributed by atoms with Crippen molar-refractivity contribution in [3.8, 4) is 11.5 Å². The summed E-state index contributed by atoms with van der Waals surface area (Å²) < 4.78 is 18.9. The molecule has 1 aromatic heterocycles. The van der Waals surface area contributed by atoms with E-state index >= 15 is 0 Å². The number of rotatable bonds is 4. The molecule has 0 radical (unpaired) electrons. The lowest BCUT2D eigenvalue weighted by molar-refractivity contribution is -0.120. The fourth-order valence-corrected chi connectivity index (χ4v) is 3.06. The lowest BCUT2D eigenvalue weighted by Crippen LogP contribution is -2.28. The average Bonchev–Trinajstić information content (AvgIpc) is 2.57. The van der Waals surface area contributed by atoms with Gasteiger partial charge in [0.15, 0.2) is 0 Å². The summed E-state index contributed by atoms with van der Waals surface area (Å²) in [6, 6.07) is 6.50. The molecule has 0 aliphatic rings. The highest BCUT2D eigenvalue weighted by Crippen LogP contribution is 2.32. The van der Waals surface area contributed by atoms with Crippen molar-refractivity contribution in [2.24, 2.45) is 0 Å². The predicted molar refractivity (Wildman–Crippen MR) is 97.5 cm³/mol. The van der Waals surface area contributed by atoms with E-state index in [0.29, 0.717) is 5.56 Å². The lowest BCUT2D eigenvalue weighted by Gasteiger charge is -2.11. The molecule has 27 heavy (non-hydrogen) atoms. The molecule has 0 aliphatic heterocycles. The van der Waals surface area contributed by atoms with Crippen LogP contribution in [0.3, 0.4) is 0 Å². The lowest BCUT2D eigenvalue weighted by atomic mass is 10.0. The number of phenolic OH excluding ortho intramolecular Hbond substituents is 2. The molecule has 1 heterocycles. The number of nitrogens with one attached hydrogen (secondary N) is 1. The largest absolute Gasteiger partial charge is 0.508 e. The number of hydrogen-bond donors (Lipinski definition) is 3. The molecular weight excluding hydrogens is 377 g/mol. The summed E-state index contributed by atoms with van der Waals surface area (Å²) in [6.45, 7) is 1.42. The van der Waals surface area contributed by atoms with Crippen LogP contribution in [-0.2, 0) is 17.8 Å². The third-order valence-corrected chi connectivity index (χ3v) is 4.56. The number of aryl methyl sites for hydroxylation is 1. The number of amides is 1. The van der Waals surface area contributed by atoms with Crippen LogP contribution >= 0.6 is 11.6 Å². The molecule has 3 rings (SSSR count). The molecule has 8 heteroatoms. The zero-order valence-electron chi connectivity index (χ0n) is 14.2. The van der Waals surface area contributed by atoms with Crippen molar-refractivity contribution in [1.29, 1.82) is 0 Å². The minimum absolute atomic E-state index is 0.0114. The molecule has 0 saturated heterocycles. The summed E-state index contributed by atoms with van der Waals surface area (Å²) in [5, 5.41) is 22.4. The highest BCUT2D eigenvalue weighted by atomic mass is 35.5. The highest BCUT2D eigenvalue weighted by molar-refractivity contribution is 6.31. The molecule has 1 amide bonds. The van der Waals surface area contributed by atoms with Crippen molar-refractivity contribution in [1.82, 2.24) is 5.32 Å². The standard InChI is InChI=1S/C19H15ClFNO5/c1-9-11(19(26)27-16-6-10(23)5-15(24)18(9)16)7-17(25)22-8-12-13(20)3-2-4-14(12)21/h2-6,23-24H,7-8H2,1H3,(H,22,25). The smallest absolute Gasteiger partial charge is 0.340 e. The Bertz CT molecular complexity index is 1090. The van der Waals surface area contributed by atoms with E-state index in [4.69, 9.17) is 16.0 Å². The Labute approximate surface area is 157 Å². The van der Waals surface area contributed by atoms with Gasteiger partial charge in [0.05, 0.1) is 17.4 Å². The molecule has 3 aromatic rings. The van der Waals surface area contributed by atoms with Crippen LogP contribution < -0.4 is 10.9 Å². The minimum Gasteiger partial charge on any atom is -0.508 e. The quantitative estimate of drug-likeness (QED) is 0.593. The first-order chi connectivity index (χ1) is 12.8. The zero-order chi connectivity index (χ0) is 19.7. The number of fused-ring (bicyclic) bond motifs is 1. The van der Waals surface area contributed by atoms with Crippen LogP contribution in [0.5, 0.6) is 11.5 Å². The monoisotopic (exact) mass is 391 g/mol. The van der Waals surface area contributed by atoms with Gasteiger partial charge in [0.2, 0.25) is 5.91 Å². The number of aromatic hydroxyl groups is 2. The molecule has 0 bridgehead atoms. The van der Waals surface area contributed by atoms with Crippen LogP contribution in [0, 0.1) is 12.7 Å². The van der Waals surface area contributed by atoms with Gasteiger partial charge in [-0.1, -0.05) is 17.7 Å². The SMILES string of the molecule is Cc1c(CC(=O)NCc2c(F)cccc2Cl)c(=O)oc2cc(O)cc(O)c12. The summed E-state index contributed by atoms with van der Waals surface area (Å²) >= 11 is 5.91. The van der Waals surface area contributed by atoms with E-state index < -0.39 is 17.3 Å². The summed E-state index contributed by atoms with van der Waals surface area (Å²) in [6.07, 6.45) is -0.323. The van der Waals surface area contributed by atoms with Gasteiger partial charge in [-0.25, -0.2) is 9.18 Å². The molecule has 0 atom stereocenters. The second-order valence-corrected chi connectivity index (χ2v) is 6.39. The molecule has 0 aliphatic carbocycles. The summed E-state index contributed by atoms with van der Waals surface area (Å²) in [5.41, 5.74) is -0.192. The molecule has 0 spiro atoms. The van der Waals surface area contributed by atoms with Gasteiger partial charge in [-0.15, -0.1) is 0 Å². The summed E-state index contributed by atoms with van der Waals surface area (Å²) in [7, 11) is 0. The topological polar surface area (TPSA) is 99.8 Å². The van der Waals surface area contributed by atoms with Gasteiger partial charge in [-0.05, 0) is 24.6 Å². The van der Waals surface area contributed by atoms with E-state index in [1.54, 1.807) is 6.92 Å². The number of benzene rings is 2. The summed E-state index contributed by atoms with van der Waals surface area (Å²) in [5.74, 6) is -1.61. The fraction of sp³-hybridized carbons (Fsp3) is 0.158.